The highest BCUT2D eigenvalue weighted by Crippen LogP contribution is 2.65. The van der Waals surface area contributed by atoms with Gasteiger partial charge in [-0.25, -0.2) is 8.78 Å². The van der Waals surface area contributed by atoms with E-state index in [9.17, 15) is 13.9 Å². The highest BCUT2D eigenvalue weighted by Gasteiger charge is 2.58. The fourth-order valence-corrected chi connectivity index (χ4v) is 8.49. The number of alkyl halides is 2. The van der Waals surface area contributed by atoms with Crippen LogP contribution in [0.4, 0.5) is 8.78 Å². The zero-order chi connectivity index (χ0) is 21.1. The van der Waals surface area contributed by atoms with Crippen molar-refractivity contribution >= 4 is 0 Å². The molecule has 3 nitrogen and oxygen atoms in total. The first kappa shape index (κ1) is 20.7. The SMILES string of the molecule is C=C(Cn1cccn1)[C@H]1CC[C@H]2[C@@H]3CC[C@@H]4C[C@@](O)(C(F)F)CC[C@@H]4[C@H]3CC[C@]12C. The molecular weight excluding hydrogens is 382 g/mol. The van der Waals surface area contributed by atoms with Crippen molar-refractivity contribution in [2.75, 3.05) is 0 Å². The molecule has 1 aromatic heterocycles. The molecule has 0 bridgehead atoms. The molecule has 0 aliphatic heterocycles. The topological polar surface area (TPSA) is 38.0 Å². The number of aromatic nitrogens is 2. The Kier molecular flexibility index (Phi) is 5.11. The van der Waals surface area contributed by atoms with Gasteiger partial charge >= 0.3 is 0 Å². The maximum absolute atomic E-state index is 13.4. The van der Waals surface area contributed by atoms with Crippen LogP contribution in [0.1, 0.15) is 64.7 Å². The van der Waals surface area contributed by atoms with Crippen molar-refractivity contribution in [1.82, 2.24) is 9.78 Å². The molecule has 4 aliphatic carbocycles. The Morgan fingerprint density at radius 2 is 1.93 bits per heavy atom. The molecule has 166 valence electrons. The highest BCUT2D eigenvalue weighted by molar-refractivity contribution is 5.15. The van der Waals surface area contributed by atoms with Gasteiger partial charge in [0.1, 0.15) is 5.60 Å². The molecule has 0 unspecified atom stereocenters. The van der Waals surface area contributed by atoms with Crippen LogP contribution in [0.5, 0.6) is 0 Å². The monoisotopic (exact) mass is 418 g/mol. The minimum absolute atomic E-state index is 0.278. The largest absolute Gasteiger partial charge is 0.384 e. The summed E-state index contributed by atoms with van der Waals surface area (Å²) in [6, 6.07) is 1.97. The maximum atomic E-state index is 13.4. The van der Waals surface area contributed by atoms with E-state index >= 15 is 0 Å². The Morgan fingerprint density at radius 3 is 2.67 bits per heavy atom. The lowest BCUT2D eigenvalue weighted by Gasteiger charge is -2.57. The summed E-state index contributed by atoms with van der Waals surface area (Å²) in [4.78, 5) is 0. The van der Waals surface area contributed by atoms with Gasteiger partial charge in [0.25, 0.3) is 6.43 Å². The van der Waals surface area contributed by atoms with Crippen molar-refractivity contribution in [2.45, 2.75) is 83.3 Å². The normalized spacial score (nSPS) is 45.6. The van der Waals surface area contributed by atoms with Crippen LogP contribution in [0.15, 0.2) is 30.6 Å². The summed E-state index contributed by atoms with van der Waals surface area (Å²) in [7, 11) is 0. The van der Waals surface area contributed by atoms with Crippen LogP contribution in [-0.4, -0.2) is 26.9 Å². The first-order valence-corrected chi connectivity index (χ1v) is 12.0. The van der Waals surface area contributed by atoms with E-state index in [1.807, 2.05) is 23.1 Å². The van der Waals surface area contributed by atoms with Crippen LogP contribution in [0.2, 0.25) is 0 Å². The van der Waals surface area contributed by atoms with Crippen molar-refractivity contribution in [1.29, 1.82) is 0 Å². The number of aliphatic hydroxyl groups is 1. The number of rotatable bonds is 4. The van der Waals surface area contributed by atoms with Crippen molar-refractivity contribution in [3.63, 3.8) is 0 Å². The third kappa shape index (κ3) is 3.18. The van der Waals surface area contributed by atoms with E-state index < -0.39 is 12.0 Å². The minimum Gasteiger partial charge on any atom is -0.384 e. The average molecular weight is 419 g/mol. The molecule has 5 heteroatoms. The fraction of sp³-hybridized carbons (Fsp3) is 0.800. The first-order valence-electron chi connectivity index (χ1n) is 12.0. The third-order valence-electron chi connectivity index (χ3n) is 9.87. The molecule has 0 radical (unpaired) electrons. The summed E-state index contributed by atoms with van der Waals surface area (Å²) in [6.07, 6.45) is 9.73. The summed E-state index contributed by atoms with van der Waals surface area (Å²) in [6.45, 7) is 7.80. The van der Waals surface area contributed by atoms with E-state index in [4.69, 9.17) is 0 Å². The van der Waals surface area contributed by atoms with Crippen molar-refractivity contribution < 1.29 is 13.9 Å². The quantitative estimate of drug-likeness (QED) is 0.637. The second-order valence-electron chi connectivity index (χ2n) is 11.1. The Balaban J connectivity index is 1.30. The number of hydrogen-bond donors (Lipinski definition) is 1. The number of fused-ring (bicyclic) bond motifs is 5. The van der Waals surface area contributed by atoms with Crippen LogP contribution < -0.4 is 0 Å². The molecule has 4 fully saturated rings. The molecule has 5 rings (SSSR count). The van der Waals surface area contributed by atoms with Gasteiger partial charge < -0.3 is 5.11 Å². The van der Waals surface area contributed by atoms with Crippen LogP contribution in [0, 0.1) is 40.9 Å². The minimum atomic E-state index is -2.61. The van der Waals surface area contributed by atoms with Crippen molar-refractivity contribution in [2.24, 2.45) is 40.9 Å². The second-order valence-corrected chi connectivity index (χ2v) is 11.1. The summed E-state index contributed by atoms with van der Waals surface area (Å²) < 4.78 is 28.8. The lowest BCUT2D eigenvalue weighted by Crippen LogP contribution is -2.52. The predicted octanol–water partition coefficient (Wildman–Crippen LogP) is 5.70. The summed E-state index contributed by atoms with van der Waals surface area (Å²) in [5.41, 5.74) is -0.105. The maximum Gasteiger partial charge on any atom is 0.266 e. The molecule has 0 aromatic carbocycles. The molecule has 0 spiro atoms. The molecular formula is C25H36F2N2O. The Labute approximate surface area is 178 Å². The predicted molar refractivity (Wildman–Crippen MR) is 113 cm³/mol. The first-order chi connectivity index (χ1) is 14.3. The van der Waals surface area contributed by atoms with Crippen molar-refractivity contribution in [3.05, 3.63) is 30.6 Å². The van der Waals surface area contributed by atoms with Crippen LogP contribution in [-0.2, 0) is 6.54 Å². The number of halogens is 2. The van der Waals surface area contributed by atoms with Gasteiger partial charge in [0.2, 0.25) is 0 Å². The smallest absolute Gasteiger partial charge is 0.266 e. The van der Waals surface area contributed by atoms with E-state index in [1.165, 1.54) is 31.3 Å². The zero-order valence-electron chi connectivity index (χ0n) is 18.1. The molecule has 30 heavy (non-hydrogen) atoms. The Morgan fingerprint density at radius 1 is 1.13 bits per heavy atom. The van der Waals surface area contributed by atoms with E-state index in [-0.39, 0.29) is 12.3 Å². The number of nitrogens with zero attached hydrogens (tertiary/aromatic N) is 2. The van der Waals surface area contributed by atoms with Crippen LogP contribution >= 0.6 is 0 Å². The molecule has 4 saturated carbocycles. The Bertz CT molecular complexity index is 780. The van der Waals surface area contributed by atoms with E-state index in [0.717, 1.165) is 37.6 Å². The number of hydrogen-bond acceptors (Lipinski definition) is 2. The number of allylic oxidation sites excluding steroid dienone is 1. The van der Waals surface area contributed by atoms with Gasteiger partial charge in [-0.1, -0.05) is 19.1 Å². The van der Waals surface area contributed by atoms with Gasteiger partial charge in [0.05, 0.1) is 6.54 Å². The average Bonchev–Trinajstić information content (AvgIpc) is 3.34. The zero-order valence-corrected chi connectivity index (χ0v) is 18.1. The molecule has 0 saturated heterocycles. The van der Waals surface area contributed by atoms with Crippen LogP contribution in [0.25, 0.3) is 0 Å². The van der Waals surface area contributed by atoms with Gasteiger partial charge in [-0.3, -0.25) is 4.68 Å². The molecule has 0 amide bonds. The Hall–Kier alpha value is -1.23. The van der Waals surface area contributed by atoms with Gasteiger partial charge in [-0.2, -0.15) is 5.10 Å². The van der Waals surface area contributed by atoms with Crippen molar-refractivity contribution in [3.8, 4) is 0 Å². The molecule has 1 N–H and O–H groups in total. The summed E-state index contributed by atoms with van der Waals surface area (Å²) >= 11 is 0. The highest BCUT2D eigenvalue weighted by atomic mass is 19.3. The second kappa shape index (κ2) is 7.43. The van der Waals surface area contributed by atoms with E-state index in [0.29, 0.717) is 29.6 Å². The fourth-order valence-electron chi connectivity index (χ4n) is 8.49. The van der Waals surface area contributed by atoms with Gasteiger partial charge in [-0.05, 0) is 105 Å². The van der Waals surface area contributed by atoms with Gasteiger partial charge in [0, 0.05) is 12.4 Å². The molecule has 4 aliphatic rings. The molecule has 8 atom stereocenters. The van der Waals surface area contributed by atoms with E-state index in [2.05, 4.69) is 18.6 Å². The summed E-state index contributed by atoms with van der Waals surface area (Å²) in [5, 5.41) is 14.8. The molecule has 1 aromatic rings. The van der Waals surface area contributed by atoms with Gasteiger partial charge in [-0.15, -0.1) is 0 Å². The lowest BCUT2D eigenvalue weighted by molar-refractivity contribution is -0.158. The molecule has 1 heterocycles. The standard InChI is InChI=1S/C25H36F2N2O/c1-16(15-29-13-3-12-28-29)21-6-7-22-20-5-4-17-14-25(30,23(26)27)11-9-18(17)19(20)8-10-24(21,22)2/h3,12-13,17-23,30H,1,4-11,14-15H2,2H3/t17-,18+,19-,20-,21-,22+,24-,25-/m1/s1. The summed E-state index contributed by atoms with van der Waals surface area (Å²) in [5.74, 6) is 3.51. The van der Waals surface area contributed by atoms with Crippen LogP contribution in [0.3, 0.4) is 0 Å². The lowest BCUT2D eigenvalue weighted by atomic mass is 9.48. The third-order valence-corrected chi connectivity index (χ3v) is 9.87. The van der Waals surface area contributed by atoms with Gasteiger partial charge in [0.15, 0.2) is 0 Å². The van der Waals surface area contributed by atoms with E-state index in [1.54, 1.807) is 0 Å².